The summed E-state index contributed by atoms with van der Waals surface area (Å²) in [5.74, 6) is 1.49. The molecule has 4 rings (SSSR count). The first-order chi connectivity index (χ1) is 14.2. The lowest BCUT2D eigenvalue weighted by Crippen LogP contribution is -2.34. The molecule has 0 radical (unpaired) electrons. The average Bonchev–Trinajstić information content (AvgIpc) is 3.39. The standard InChI is InChI=1S/C23H27N3O2S/c1-17-6-4-10-26(14-17)15-19-8-3-2-7-18(19)13-24-22(27)12-20-16-29-23(25-20)21-9-5-11-28-21/h2-3,5,7-9,11,16-17H,4,6,10,12-15H2,1H3,(H,24,27)/t17-/m0/s1. The Morgan fingerprint density at radius 1 is 1.28 bits per heavy atom. The van der Waals surface area contributed by atoms with E-state index in [0.717, 1.165) is 42.0 Å². The Labute approximate surface area is 175 Å². The molecule has 1 N–H and O–H groups in total. The zero-order chi connectivity index (χ0) is 20.1. The van der Waals surface area contributed by atoms with Gasteiger partial charge in [0.25, 0.3) is 0 Å². The fourth-order valence-electron chi connectivity index (χ4n) is 3.88. The van der Waals surface area contributed by atoms with E-state index >= 15 is 0 Å². The van der Waals surface area contributed by atoms with Crippen molar-refractivity contribution in [2.24, 2.45) is 5.92 Å². The van der Waals surface area contributed by atoms with Gasteiger partial charge in [0.05, 0.1) is 18.4 Å². The van der Waals surface area contributed by atoms with E-state index in [4.69, 9.17) is 4.42 Å². The molecule has 1 aromatic carbocycles. The number of nitrogens with zero attached hydrogens (tertiary/aromatic N) is 2. The summed E-state index contributed by atoms with van der Waals surface area (Å²) in [6.45, 7) is 6.14. The zero-order valence-corrected chi connectivity index (χ0v) is 17.6. The molecule has 0 aliphatic carbocycles. The van der Waals surface area contributed by atoms with Crippen LogP contribution in [-0.4, -0.2) is 28.9 Å². The molecule has 152 valence electrons. The van der Waals surface area contributed by atoms with Crippen molar-refractivity contribution < 1.29 is 9.21 Å². The number of carbonyl (C=O) groups excluding carboxylic acids is 1. The van der Waals surface area contributed by atoms with Crippen LogP contribution in [0.25, 0.3) is 10.8 Å². The molecule has 1 saturated heterocycles. The fraction of sp³-hybridized carbons (Fsp3) is 0.391. The van der Waals surface area contributed by atoms with E-state index in [2.05, 4.69) is 40.3 Å². The molecule has 2 aromatic heterocycles. The van der Waals surface area contributed by atoms with Gasteiger partial charge in [0, 0.05) is 25.0 Å². The number of benzene rings is 1. The number of hydrogen-bond acceptors (Lipinski definition) is 5. The lowest BCUT2D eigenvalue weighted by molar-refractivity contribution is -0.120. The largest absolute Gasteiger partial charge is 0.462 e. The Morgan fingerprint density at radius 3 is 2.93 bits per heavy atom. The van der Waals surface area contributed by atoms with Gasteiger partial charge in [0.15, 0.2) is 10.8 Å². The highest BCUT2D eigenvalue weighted by Gasteiger charge is 2.17. The Balaban J connectivity index is 1.32. The van der Waals surface area contributed by atoms with Gasteiger partial charge < -0.3 is 9.73 Å². The van der Waals surface area contributed by atoms with Crippen LogP contribution in [0.15, 0.2) is 52.5 Å². The Hall–Kier alpha value is -2.44. The molecule has 0 spiro atoms. The van der Waals surface area contributed by atoms with Crippen molar-refractivity contribution in [3.8, 4) is 10.8 Å². The molecule has 1 atom stereocenters. The minimum Gasteiger partial charge on any atom is -0.462 e. The van der Waals surface area contributed by atoms with Gasteiger partial charge in [0.2, 0.25) is 5.91 Å². The number of nitrogens with one attached hydrogen (secondary N) is 1. The molecule has 1 aliphatic heterocycles. The van der Waals surface area contributed by atoms with Gasteiger partial charge in [0.1, 0.15) is 0 Å². The van der Waals surface area contributed by atoms with E-state index in [1.54, 1.807) is 6.26 Å². The molecular formula is C23H27N3O2S. The van der Waals surface area contributed by atoms with Crippen molar-refractivity contribution in [2.45, 2.75) is 39.3 Å². The highest BCUT2D eigenvalue weighted by atomic mass is 32.1. The smallest absolute Gasteiger partial charge is 0.226 e. The number of thiazole rings is 1. The number of hydrogen-bond donors (Lipinski definition) is 1. The molecule has 1 amide bonds. The topological polar surface area (TPSA) is 58.4 Å². The van der Waals surface area contributed by atoms with Crippen molar-refractivity contribution >= 4 is 17.2 Å². The van der Waals surface area contributed by atoms with Gasteiger partial charge in [-0.15, -0.1) is 11.3 Å². The Kier molecular flexibility index (Phi) is 6.42. The number of carbonyl (C=O) groups is 1. The van der Waals surface area contributed by atoms with Crippen LogP contribution in [0, 0.1) is 5.92 Å². The van der Waals surface area contributed by atoms with E-state index in [9.17, 15) is 4.79 Å². The van der Waals surface area contributed by atoms with Crippen LogP contribution >= 0.6 is 11.3 Å². The predicted molar refractivity (Wildman–Crippen MR) is 115 cm³/mol. The van der Waals surface area contributed by atoms with Crippen LogP contribution in [0.3, 0.4) is 0 Å². The SMILES string of the molecule is C[C@H]1CCCN(Cc2ccccc2CNC(=O)Cc2csc(-c3ccco3)n2)C1. The molecule has 3 heterocycles. The molecule has 1 aliphatic rings. The average molecular weight is 410 g/mol. The summed E-state index contributed by atoms with van der Waals surface area (Å²) in [6, 6.07) is 12.1. The summed E-state index contributed by atoms with van der Waals surface area (Å²) < 4.78 is 5.37. The molecule has 0 unspecified atom stereocenters. The van der Waals surface area contributed by atoms with Crippen LogP contribution in [0.5, 0.6) is 0 Å². The number of likely N-dealkylation sites (tertiary alicyclic amines) is 1. The van der Waals surface area contributed by atoms with Gasteiger partial charge in [-0.3, -0.25) is 9.69 Å². The van der Waals surface area contributed by atoms with Crippen molar-refractivity contribution in [3.05, 3.63) is 64.9 Å². The van der Waals surface area contributed by atoms with Crippen molar-refractivity contribution in [2.75, 3.05) is 13.1 Å². The quantitative estimate of drug-likeness (QED) is 0.624. The second-order valence-electron chi connectivity index (χ2n) is 7.83. The second kappa shape index (κ2) is 9.37. The first kappa shape index (κ1) is 19.9. The third-order valence-electron chi connectivity index (χ3n) is 5.35. The summed E-state index contributed by atoms with van der Waals surface area (Å²) in [5, 5.41) is 5.79. The maximum atomic E-state index is 12.4. The normalized spacial score (nSPS) is 17.3. The summed E-state index contributed by atoms with van der Waals surface area (Å²) in [7, 11) is 0. The lowest BCUT2D eigenvalue weighted by atomic mass is 9.99. The first-order valence-corrected chi connectivity index (χ1v) is 11.1. The van der Waals surface area contributed by atoms with E-state index < -0.39 is 0 Å². The first-order valence-electron chi connectivity index (χ1n) is 10.2. The van der Waals surface area contributed by atoms with Crippen LogP contribution in [-0.2, 0) is 24.3 Å². The van der Waals surface area contributed by atoms with Crippen LogP contribution in [0.1, 0.15) is 36.6 Å². The molecular weight excluding hydrogens is 382 g/mol. The lowest BCUT2D eigenvalue weighted by Gasteiger charge is -2.31. The maximum Gasteiger partial charge on any atom is 0.226 e. The number of rotatable bonds is 7. The monoisotopic (exact) mass is 409 g/mol. The molecule has 6 heteroatoms. The van der Waals surface area contributed by atoms with Crippen LogP contribution < -0.4 is 5.32 Å². The second-order valence-corrected chi connectivity index (χ2v) is 8.68. The minimum atomic E-state index is -0.0114. The van der Waals surface area contributed by atoms with E-state index in [1.807, 2.05) is 23.6 Å². The highest BCUT2D eigenvalue weighted by Crippen LogP contribution is 2.24. The van der Waals surface area contributed by atoms with Crippen LogP contribution in [0.2, 0.25) is 0 Å². The number of amides is 1. The molecule has 29 heavy (non-hydrogen) atoms. The summed E-state index contributed by atoms with van der Waals surface area (Å²) >= 11 is 1.50. The molecule has 5 nitrogen and oxygen atoms in total. The number of aromatic nitrogens is 1. The van der Waals surface area contributed by atoms with Crippen LogP contribution in [0.4, 0.5) is 0 Å². The Morgan fingerprint density at radius 2 is 2.14 bits per heavy atom. The van der Waals surface area contributed by atoms with Gasteiger partial charge in [-0.25, -0.2) is 4.98 Å². The minimum absolute atomic E-state index is 0.0114. The van der Waals surface area contributed by atoms with Crippen molar-refractivity contribution in [3.63, 3.8) is 0 Å². The molecule has 0 saturated carbocycles. The van der Waals surface area contributed by atoms with Gasteiger partial charge in [-0.1, -0.05) is 31.2 Å². The van der Waals surface area contributed by atoms with E-state index in [1.165, 1.54) is 35.3 Å². The fourth-order valence-corrected chi connectivity index (χ4v) is 4.66. The summed E-state index contributed by atoms with van der Waals surface area (Å²) in [5.41, 5.74) is 3.26. The molecule has 0 bridgehead atoms. The third-order valence-corrected chi connectivity index (χ3v) is 6.26. The Bertz CT molecular complexity index is 935. The molecule has 3 aromatic rings. The predicted octanol–water partition coefficient (Wildman–Crippen LogP) is 4.49. The van der Waals surface area contributed by atoms with E-state index in [0.29, 0.717) is 6.54 Å². The molecule has 1 fully saturated rings. The third kappa shape index (κ3) is 5.34. The maximum absolute atomic E-state index is 12.4. The van der Waals surface area contributed by atoms with Crippen molar-refractivity contribution in [1.82, 2.24) is 15.2 Å². The van der Waals surface area contributed by atoms with Gasteiger partial charge in [-0.2, -0.15) is 0 Å². The zero-order valence-electron chi connectivity index (χ0n) is 16.8. The summed E-state index contributed by atoms with van der Waals surface area (Å²) in [4.78, 5) is 19.5. The van der Waals surface area contributed by atoms with Crippen molar-refractivity contribution in [1.29, 1.82) is 0 Å². The van der Waals surface area contributed by atoms with E-state index in [-0.39, 0.29) is 12.3 Å². The van der Waals surface area contributed by atoms with Gasteiger partial charge >= 0.3 is 0 Å². The van der Waals surface area contributed by atoms with Gasteiger partial charge in [-0.05, 0) is 48.6 Å². The highest BCUT2D eigenvalue weighted by molar-refractivity contribution is 7.13. The number of piperidine rings is 1. The summed E-state index contributed by atoms with van der Waals surface area (Å²) in [6.07, 6.45) is 4.51. The number of furan rings is 1.